The lowest BCUT2D eigenvalue weighted by Gasteiger charge is -2.15. The van der Waals surface area contributed by atoms with Gasteiger partial charge in [0.2, 0.25) is 0 Å². The summed E-state index contributed by atoms with van der Waals surface area (Å²) >= 11 is 0. The number of carbonyl (C=O) groups excluding carboxylic acids is 1. The van der Waals surface area contributed by atoms with Crippen LogP contribution in [0.1, 0.15) is 33.7 Å². The van der Waals surface area contributed by atoms with Crippen LogP contribution in [-0.2, 0) is 4.74 Å². The number of benzene rings is 1. The molecule has 0 bridgehead atoms. The zero-order chi connectivity index (χ0) is 13.0. The third-order valence-electron chi connectivity index (χ3n) is 2.58. The Kier molecular flexibility index (Phi) is 3.79. The van der Waals surface area contributed by atoms with Gasteiger partial charge in [-0.2, -0.15) is 0 Å². The highest BCUT2D eigenvalue weighted by molar-refractivity contribution is 5.71. The van der Waals surface area contributed by atoms with Crippen molar-refractivity contribution in [1.29, 1.82) is 0 Å². The van der Waals surface area contributed by atoms with E-state index in [1.54, 1.807) is 13.2 Å². The van der Waals surface area contributed by atoms with Gasteiger partial charge in [-0.15, -0.1) is 0 Å². The molecule has 4 nitrogen and oxygen atoms in total. The van der Waals surface area contributed by atoms with Crippen molar-refractivity contribution in [2.75, 3.05) is 7.11 Å². The van der Waals surface area contributed by atoms with E-state index < -0.39 is 0 Å². The summed E-state index contributed by atoms with van der Waals surface area (Å²) in [5, 5.41) is 0. The van der Waals surface area contributed by atoms with Crippen molar-refractivity contribution >= 4 is 6.29 Å². The molecule has 0 saturated heterocycles. The van der Waals surface area contributed by atoms with Gasteiger partial charge in [0.1, 0.15) is 11.8 Å². The standard InChI is InChI=1S/C14H14N2O2/c1-10-8-12(9-17)16-14(15-10)13(18-2)11-6-4-3-5-7-11/h3-9,13H,1-2H3. The Morgan fingerprint density at radius 2 is 1.94 bits per heavy atom. The van der Waals surface area contributed by atoms with E-state index in [9.17, 15) is 4.79 Å². The number of aldehydes is 1. The average molecular weight is 242 g/mol. The topological polar surface area (TPSA) is 52.1 Å². The Bertz CT molecular complexity index is 541. The lowest BCUT2D eigenvalue weighted by Crippen LogP contribution is -2.10. The molecule has 0 amide bonds. The first-order valence-electron chi connectivity index (χ1n) is 5.63. The molecule has 4 heteroatoms. The second-order valence-corrected chi connectivity index (χ2v) is 3.94. The Labute approximate surface area is 106 Å². The van der Waals surface area contributed by atoms with E-state index in [0.29, 0.717) is 11.5 Å². The number of rotatable bonds is 4. The van der Waals surface area contributed by atoms with Crippen molar-refractivity contribution in [1.82, 2.24) is 9.97 Å². The second-order valence-electron chi connectivity index (χ2n) is 3.94. The molecule has 0 aliphatic rings. The molecule has 0 saturated carbocycles. The van der Waals surface area contributed by atoms with Crippen molar-refractivity contribution in [2.45, 2.75) is 13.0 Å². The number of hydrogen-bond donors (Lipinski definition) is 0. The maximum absolute atomic E-state index is 10.8. The predicted molar refractivity (Wildman–Crippen MR) is 67.5 cm³/mol. The number of hydrogen-bond acceptors (Lipinski definition) is 4. The molecule has 1 aromatic carbocycles. The summed E-state index contributed by atoms with van der Waals surface area (Å²) in [7, 11) is 1.60. The highest BCUT2D eigenvalue weighted by Crippen LogP contribution is 2.22. The number of ether oxygens (including phenoxy) is 1. The predicted octanol–water partition coefficient (Wildman–Crippen LogP) is 2.33. The van der Waals surface area contributed by atoms with Gasteiger partial charge in [-0.25, -0.2) is 9.97 Å². The molecule has 0 aliphatic heterocycles. The van der Waals surface area contributed by atoms with Crippen molar-refractivity contribution in [3.63, 3.8) is 0 Å². The zero-order valence-corrected chi connectivity index (χ0v) is 10.3. The Hall–Kier alpha value is -2.07. The first kappa shape index (κ1) is 12.4. The number of carbonyl (C=O) groups is 1. The van der Waals surface area contributed by atoms with Gasteiger partial charge in [-0.3, -0.25) is 4.79 Å². The maximum atomic E-state index is 10.8. The zero-order valence-electron chi connectivity index (χ0n) is 10.3. The molecule has 0 N–H and O–H groups in total. The third-order valence-corrected chi connectivity index (χ3v) is 2.58. The van der Waals surface area contributed by atoms with E-state index in [1.807, 2.05) is 37.3 Å². The third kappa shape index (κ3) is 2.60. The van der Waals surface area contributed by atoms with Gasteiger partial charge in [-0.1, -0.05) is 30.3 Å². The molecule has 1 heterocycles. The van der Waals surface area contributed by atoms with Crippen molar-refractivity contribution < 1.29 is 9.53 Å². The fourth-order valence-corrected chi connectivity index (χ4v) is 1.81. The average Bonchev–Trinajstić information content (AvgIpc) is 2.40. The van der Waals surface area contributed by atoms with Gasteiger partial charge in [-0.05, 0) is 18.6 Å². The largest absolute Gasteiger partial charge is 0.369 e. The van der Waals surface area contributed by atoms with Crippen molar-refractivity contribution in [3.8, 4) is 0 Å². The highest BCUT2D eigenvalue weighted by Gasteiger charge is 2.17. The minimum Gasteiger partial charge on any atom is -0.369 e. The van der Waals surface area contributed by atoms with Crippen LogP contribution in [-0.4, -0.2) is 23.4 Å². The molecule has 0 radical (unpaired) electrons. The van der Waals surface area contributed by atoms with Gasteiger partial charge >= 0.3 is 0 Å². The second kappa shape index (κ2) is 5.51. The Morgan fingerprint density at radius 1 is 1.22 bits per heavy atom. The molecule has 1 unspecified atom stereocenters. The van der Waals surface area contributed by atoms with Crippen LogP contribution >= 0.6 is 0 Å². The minimum absolute atomic E-state index is 0.357. The molecule has 2 aromatic rings. The summed E-state index contributed by atoms with van der Waals surface area (Å²) in [5.74, 6) is 0.505. The Morgan fingerprint density at radius 3 is 2.56 bits per heavy atom. The summed E-state index contributed by atoms with van der Waals surface area (Å²) in [5.41, 5.74) is 2.08. The fraction of sp³-hybridized carbons (Fsp3) is 0.214. The van der Waals surface area contributed by atoms with Crippen LogP contribution in [0.5, 0.6) is 0 Å². The first-order valence-corrected chi connectivity index (χ1v) is 5.63. The van der Waals surface area contributed by atoms with Crippen molar-refractivity contribution in [2.24, 2.45) is 0 Å². The van der Waals surface area contributed by atoms with Crippen LogP contribution in [0.15, 0.2) is 36.4 Å². The smallest absolute Gasteiger partial charge is 0.168 e. The van der Waals surface area contributed by atoms with Crippen LogP contribution in [0, 0.1) is 6.92 Å². The summed E-state index contributed by atoms with van der Waals surface area (Å²) < 4.78 is 5.44. The van der Waals surface area contributed by atoms with Gasteiger partial charge in [0.15, 0.2) is 12.1 Å². The molecule has 18 heavy (non-hydrogen) atoms. The lowest BCUT2D eigenvalue weighted by atomic mass is 10.1. The SMILES string of the molecule is COC(c1ccccc1)c1nc(C)cc(C=O)n1. The van der Waals surface area contributed by atoms with E-state index in [2.05, 4.69) is 9.97 Å². The molecular weight excluding hydrogens is 228 g/mol. The lowest BCUT2D eigenvalue weighted by molar-refractivity contribution is 0.111. The molecule has 1 aromatic heterocycles. The summed E-state index contributed by atoms with van der Waals surface area (Å²) in [6, 6.07) is 11.3. The van der Waals surface area contributed by atoms with Gasteiger partial charge in [0, 0.05) is 12.8 Å². The van der Waals surface area contributed by atoms with Crippen LogP contribution in [0.2, 0.25) is 0 Å². The number of nitrogens with zero attached hydrogens (tertiary/aromatic N) is 2. The van der Waals surface area contributed by atoms with Crippen LogP contribution < -0.4 is 0 Å². The first-order chi connectivity index (χ1) is 8.74. The van der Waals surface area contributed by atoms with Crippen LogP contribution in [0.3, 0.4) is 0 Å². The normalized spacial score (nSPS) is 12.1. The summed E-state index contributed by atoms with van der Waals surface area (Å²) in [6.45, 7) is 1.83. The van der Waals surface area contributed by atoms with Gasteiger partial charge < -0.3 is 4.74 Å². The van der Waals surface area contributed by atoms with Crippen LogP contribution in [0.25, 0.3) is 0 Å². The minimum atomic E-state index is -0.357. The Balaban J connectivity index is 2.45. The number of aromatic nitrogens is 2. The quantitative estimate of drug-likeness (QED) is 0.772. The molecule has 0 aliphatic carbocycles. The van der Waals surface area contributed by atoms with E-state index >= 15 is 0 Å². The summed E-state index contributed by atoms with van der Waals surface area (Å²) in [6.07, 6.45) is 0.361. The highest BCUT2D eigenvalue weighted by atomic mass is 16.5. The molecule has 2 rings (SSSR count). The van der Waals surface area contributed by atoms with E-state index in [4.69, 9.17) is 4.74 Å². The molecule has 1 atom stereocenters. The van der Waals surface area contributed by atoms with Crippen LogP contribution in [0.4, 0.5) is 0 Å². The molecule has 0 spiro atoms. The fourth-order valence-electron chi connectivity index (χ4n) is 1.81. The van der Waals surface area contributed by atoms with Gasteiger partial charge in [0.05, 0.1) is 0 Å². The van der Waals surface area contributed by atoms with E-state index in [1.165, 1.54) is 0 Å². The monoisotopic (exact) mass is 242 g/mol. The van der Waals surface area contributed by atoms with Crippen molar-refractivity contribution in [3.05, 3.63) is 59.2 Å². The summed E-state index contributed by atoms with van der Waals surface area (Å²) in [4.78, 5) is 19.4. The number of aryl methyl sites for hydroxylation is 1. The molecular formula is C14H14N2O2. The van der Waals surface area contributed by atoms with Gasteiger partial charge in [0.25, 0.3) is 0 Å². The van der Waals surface area contributed by atoms with E-state index in [-0.39, 0.29) is 6.10 Å². The maximum Gasteiger partial charge on any atom is 0.168 e. The number of methoxy groups -OCH3 is 1. The van der Waals surface area contributed by atoms with E-state index in [0.717, 1.165) is 17.5 Å². The molecule has 0 fully saturated rings. The molecule has 92 valence electrons.